The first kappa shape index (κ1) is 16.1. The lowest BCUT2D eigenvalue weighted by Gasteiger charge is -2.09. The Bertz CT molecular complexity index is 1010. The summed E-state index contributed by atoms with van der Waals surface area (Å²) in [5.41, 5.74) is 0.890. The highest BCUT2D eigenvalue weighted by Crippen LogP contribution is 2.21. The number of rotatable bonds is 6. The van der Waals surface area contributed by atoms with Crippen molar-refractivity contribution in [2.45, 2.75) is 6.92 Å². The Labute approximate surface area is 151 Å². The summed E-state index contributed by atoms with van der Waals surface area (Å²) >= 11 is 0. The molecule has 0 spiro atoms. The minimum Gasteiger partial charge on any atom is -0.490 e. The summed E-state index contributed by atoms with van der Waals surface area (Å²) in [4.78, 5) is 4.20. The van der Waals surface area contributed by atoms with Crippen LogP contribution in [0.3, 0.4) is 0 Å². The van der Waals surface area contributed by atoms with Gasteiger partial charge < -0.3 is 14.0 Å². The van der Waals surface area contributed by atoms with Gasteiger partial charge in [0.25, 0.3) is 0 Å². The summed E-state index contributed by atoms with van der Waals surface area (Å²) in [6.45, 7) is 2.71. The van der Waals surface area contributed by atoms with Crippen LogP contribution in [0.25, 0.3) is 22.2 Å². The standard InChI is InChI=1S/C21H18N2O3/c1-15-22-21(23-26-15)17-7-9-19(10-8-17)24-12-13-25-20-11-6-16-4-2-3-5-18(16)14-20/h2-11,14H,12-13H2,1H3. The molecule has 4 aromatic rings. The van der Waals surface area contributed by atoms with Crippen LogP contribution in [-0.2, 0) is 0 Å². The van der Waals surface area contributed by atoms with Crippen molar-refractivity contribution >= 4 is 10.8 Å². The van der Waals surface area contributed by atoms with Crippen LogP contribution in [0.1, 0.15) is 5.89 Å². The molecule has 0 aliphatic heterocycles. The number of fused-ring (bicyclic) bond motifs is 1. The van der Waals surface area contributed by atoms with Crippen molar-refractivity contribution < 1.29 is 14.0 Å². The lowest BCUT2D eigenvalue weighted by Crippen LogP contribution is -2.08. The summed E-state index contributed by atoms with van der Waals surface area (Å²) in [6, 6.07) is 21.9. The Hall–Kier alpha value is -3.34. The lowest BCUT2D eigenvalue weighted by molar-refractivity contribution is 0.217. The van der Waals surface area contributed by atoms with Crippen LogP contribution < -0.4 is 9.47 Å². The van der Waals surface area contributed by atoms with E-state index in [1.807, 2.05) is 48.5 Å². The molecule has 1 heterocycles. The fourth-order valence-corrected chi connectivity index (χ4v) is 2.69. The van der Waals surface area contributed by atoms with Gasteiger partial charge in [-0.1, -0.05) is 35.5 Å². The molecule has 0 aliphatic carbocycles. The van der Waals surface area contributed by atoms with E-state index in [1.54, 1.807) is 6.92 Å². The van der Waals surface area contributed by atoms with E-state index in [2.05, 4.69) is 28.3 Å². The van der Waals surface area contributed by atoms with Gasteiger partial charge in [0.05, 0.1) is 0 Å². The van der Waals surface area contributed by atoms with Gasteiger partial charge in [-0.2, -0.15) is 4.98 Å². The Balaban J connectivity index is 1.30. The molecule has 0 atom stereocenters. The first-order chi connectivity index (χ1) is 12.8. The minimum absolute atomic E-state index is 0.466. The molecule has 0 amide bonds. The van der Waals surface area contributed by atoms with E-state index in [9.17, 15) is 0 Å². The molecule has 0 saturated heterocycles. The van der Waals surface area contributed by atoms with Crippen molar-refractivity contribution in [3.63, 3.8) is 0 Å². The lowest BCUT2D eigenvalue weighted by atomic mass is 10.1. The molecule has 0 unspecified atom stereocenters. The number of aryl methyl sites for hydroxylation is 1. The maximum atomic E-state index is 5.77. The van der Waals surface area contributed by atoms with Gasteiger partial charge in [-0.25, -0.2) is 0 Å². The molecule has 130 valence electrons. The van der Waals surface area contributed by atoms with Gasteiger partial charge >= 0.3 is 0 Å². The quantitative estimate of drug-likeness (QED) is 0.475. The highest BCUT2D eigenvalue weighted by atomic mass is 16.5. The van der Waals surface area contributed by atoms with Crippen LogP contribution in [-0.4, -0.2) is 23.4 Å². The van der Waals surface area contributed by atoms with Crippen molar-refractivity contribution in [3.05, 3.63) is 72.6 Å². The zero-order chi connectivity index (χ0) is 17.8. The Morgan fingerprint density at radius 2 is 1.50 bits per heavy atom. The molecular formula is C21H18N2O3. The number of hydrogen-bond donors (Lipinski definition) is 0. The van der Waals surface area contributed by atoms with E-state index < -0.39 is 0 Å². The van der Waals surface area contributed by atoms with Gasteiger partial charge in [0.1, 0.15) is 24.7 Å². The number of benzene rings is 3. The zero-order valence-electron chi connectivity index (χ0n) is 14.4. The third-order valence-corrected chi connectivity index (χ3v) is 3.98. The molecule has 3 aromatic carbocycles. The van der Waals surface area contributed by atoms with Gasteiger partial charge in [-0.05, 0) is 47.2 Å². The van der Waals surface area contributed by atoms with Crippen LogP contribution in [0, 0.1) is 6.92 Å². The number of ether oxygens (including phenoxy) is 2. The van der Waals surface area contributed by atoms with Crippen molar-refractivity contribution in [1.82, 2.24) is 10.1 Å². The largest absolute Gasteiger partial charge is 0.490 e. The van der Waals surface area contributed by atoms with E-state index in [4.69, 9.17) is 14.0 Å². The minimum atomic E-state index is 0.466. The first-order valence-corrected chi connectivity index (χ1v) is 8.43. The molecular weight excluding hydrogens is 328 g/mol. The smallest absolute Gasteiger partial charge is 0.223 e. The summed E-state index contributed by atoms with van der Waals surface area (Å²) in [5, 5.41) is 6.27. The number of hydrogen-bond acceptors (Lipinski definition) is 5. The molecule has 0 fully saturated rings. The van der Waals surface area contributed by atoms with Crippen molar-refractivity contribution in [1.29, 1.82) is 0 Å². The Morgan fingerprint density at radius 3 is 2.23 bits per heavy atom. The fourth-order valence-electron chi connectivity index (χ4n) is 2.69. The van der Waals surface area contributed by atoms with Gasteiger partial charge in [-0.15, -0.1) is 0 Å². The maximum absolute atomic E-state index is 5.77. The monoisotopic (exact) mass is 346 g/mol. The summed E-state index contributed by atoms with van der Waals surface area (Å²) in [7, 11) is 0. The normalized spacial score (nSPS) is 10.8. The maximum Gasteiger partial charge on any atom is 0.223 e. The van der Waals surface area contributed by atoms with Gasteiger partial charge in [-0.3, -0.25) is 0 Å². The third kappa shape index (κ3) is 3.67. The molecule has 0 bridgehead atoms. The molecule has 5 nitrogen and oxygen atoms in total. The molecule has 4 rings (SSSR count). The van der Waals surface area contributed by atoms with E-state index in [1.165, 1.54) is 10.8 Å². The highest BCUT2D eigenvalue weighted by Gasteiger charge is 2.05. The van der Waals surface area contributed by atoms with E-state index in [0.29, 0.717) is 24.9 Å². The zero-order valence-corrected chi connectivity index (χ0v) is 14.4. The Kier molecular flexibility index (Phi) is 4.51. The van der Waals surface area contributed by atoms with Gasteiger partial charge in [0.15, 0.2) is 0 Å². The average Bonchev–Trinajstić information content (AvgIpc) is 3.12. The molecule has 0 aliphatic rings. The van der Waals surface area contributed by atoms with Crippen molar-refractivity contribution in [2.75, 3.05) is 13.2 Å². The van der Waals surface area contributed by atoms with Crippen LogP contribution in [0.4, 0.5) is 0 Å². The molecule has 26 heavy (non-hydrogen) atoms. The third-order valence-electron chi connectivity index (χ3n) is 3.98. The van der Waals surface area contributed by atoms with Crippen LogP contribution in [0.2, 0.25) is 0 Å². The predicted molar refractivity (Wildman–Crippen MR) is 99.4 cm³/mol. The summed E-state index contributed by atoms with van der Waals surface area (Å²) in [6.07, 6.45) is 0. The summed E-state index contributed by atoms with van der Waals surface area (Å²) in [5.74, 6) is 2.74. The van der Waals surface area contributed by atoms with Crippen LogP contribution in [0.5, 0.6) is 11.5 Å². The van der Waals surface area contributed by atoms with E-state index >= 15 is 0 Å². The number of aromatic nitrogens is 2. The second-order valence-corrected chi connectivity index (χ2v) is 5.87. The first-order valence-electron chi connectivity index (χ1n) is 8.43. The topological polar surface area (TPSA) is 57.4 Å². The van der Waals surface area contributed by atoms with E-state index in [-0.39, 0.29) is 0 Å². The van der Waals surface area contributed by atoms with Crippen LogP contribution in [0.15, 0.2) is 71.3 Å². The predicted octanol–water partition coefficient (Wildman–Crippen LogP) is 4.66. The molecule has 0 N–H and O–H groups in total. The average molecular weight is 346 g/mol. The van der Waals surface area contributed by atoms with Crippen molar-refractivity contribution in [2.24, 2.45) is 0 Å². The second kappa shape index (κ2) is 7.27. The number of nitrogens with zero attached hydrogens (tertiary/aromatic N) is 2. The fraction of sp³-hybridized carbons (Fsp3) is 0.143. The summed E-state index contributed by atoms with van der Waals surface area (Å²) < 4.78 is 16.5. The SMILES string of the molecule is Cc1nc(-c2ccc(OCCOc3ccc4ccccc4c3)cc2)no1. The second-order valence-electron chi connectivity index (χ2n) is 5.87. The molecule has 0 radical (unpaired) electrons. The van der Waals surface area contributed by atoms with Crippen molar-refractivity contribution in [3.8, 4) is 22.9 Å². The molecule has 0 saturated carbocycles. The van der Waals surface area contributed by atoms with E-state index in [0.717, 1.165) is 17.1 Å². The van der Waals surface area contributed by atoms with Gasteiger partial charge in [0.2, 0.25) is 11.7 Å². The Morgan fingerprint density at radius 1 is 0.808 bits per heavy atom. The molecule has 5 heteroatoms. The van der Waals surface area contributed by atoms with Crippen LogP contribution >= 0.6 is 0 Å². The van der Waals surface area contributed by atoms with Gasteiger partial charge in [0, 0.05) is 12.5 Å². The highest BCUT2D eigenvalue weighted by molar-refractivity contribution is 5.83. The molecule has 1 aromatic heterocycles.